The summed E-state index contributed by atoms with van der Waals surface area (Å²) in [5, 5.41) is 17.4. The maximum atomic E-state index is 13.7. The SMILES string of the molecule is C[C@@H](N)c1c(F)cccc1N(CC#N)CC#N. The van der Waals surface area contributed by atoms with Crippen molar-refractivity contribution in [1.82, 2.24) is 0 Å². The maximum absolute atomic E-state index is 13.7. The fraction of sp³-hybridized carbons (Fsp3) is 0.333. The highest BCUT2D eigenvalue weighted by Crippen LogP contribution is 2.27. The summed E-state index contributed by atoms with van der Waals surface area (Å²) in [4.78, 5) is 1.50. The minimum absolute atomic E-state index is 0.0245. The largest absolute Gasteiger partial charge is 0.345 e. The Kier molecular flexibility index (Phi) is 4.45. The normalized spacial score (nSPS) is 11.4. The number of benzene rings is 1. The molecule has 0 amide bonds. The summed E-state index contributed by atoms with van der Waals surface area (Å²) < 4.78 is 13.7. The van der Waals surface area contributed by atoms with Gasteiger partial charge in [-0.05, 0) is 19.1 Å². The van der Waals surface area contributed by atoms with Gasteiger partial charge in [-0.15, -0.1) is 0 Å². The lowest BCUT2D eigenvalue weighted by molar-refractivity contribution is 0.592. The van der Waals surface area contributed by atoms with Crippen LogP contribution in [0.5, 0.6) is 0 Å². The van der Waals surface area contributed by atoms with Gasteiger partial charge in [0.05, 0.1) is 12.1 Å². The van der Waals surface area contributed by atoms with Crippen LogP contribution in [0.1, 0.15) is 18.5 Å². The van der Waals surface area contributed by atoms with Crippen molar-refractivity contribution in [3.8, 4) is 12.1 Å². The Morgan fingerprint density at radius 2 is 1.94 bits per heavy atom. The molecule has 2 N–H and O–H groups in total. The molecule has 0 spiro atoms. The molecule has 1 atom stereocenters. The van der Waals surface area contributed by atoms with E-state index in [4.69, 9.17) is 16.3 Å². The number of halogens is 1. The van der Waals surface area contributed by atoms with Gasteiger partial charge in [-0.25, -0.2) is 4.39 Å². The number of rotatable bonds is 4. The van der Waals surface area contributed by atoms with E-state index in [1.165, 1.54) is 17.0 Å². The predicted octanol–water partition coefficient (Wildman–Crippen LogP) is 1.70. The number of nitrogens with two attached hydrogens (primary N) is 1. The number of nitriles is 2. The highest BCUT2D eigenvalue weighted by molar-refractivity contribution is 5.56. The van der Waals surface area contributed by atoms with Crippen molar-refractivity contribution in [2.75, 3.05) is 18.0 Å². The minimum Gasteiger partial charge on any atom is -0.345 e. The number of hydrogen-bond donors (Lipinski definition) is 1. The lowest BCUT2D eigenvalue weighted by Crippen LogP contribution is -2.26. The minimum atomic E-state index is -0.494. The molecular formula is C12H13FN4. The molecule has 1 aromatic rings. The Hall–Kier alpha value is -2.11. The van der Waals surface area contributed by atoms with Crippen molar-refractivity contribution in [1.29, 1.82) is 10.5 Å². The van der Waals surface area contributed by atoms with Gasteiger partial charge in [0.25, 0.3) is 0 Å². The summed E-state index contributed by atoms with van der Waals surface area (Å²) in [5.41, 5.74) is 6.55. The molecule has 17 heavy (non-hydrogen) atoms. The average Bonchev–Trinajstić information content (AvgIpc) is 2.28. The fourth-order valence-corrected chi connectivity index (χ4v) is 1.65. The summed E-state index contributed by atoms with van der Waals surface area (Å²) in [6.45, 7) is 1.71. The van der Waals surface area contributed by atoms with Crippen molar-refractivity contribution in [3.05, 3.63) is 29.6 Å². The molecule has 5 heteroatoms. The Labute approximate surface area is 99.7 Å². The molecule has 0 aliphatic carbocycles. The van der Waals surface area contributed by atoms with Gasteiger partial charge in [-0.2, -0.15) is 10.5 Å². The summed E-state index contributed by atoms with van der Waals surface area (Å²) in [6.07, 6.45) is 0. The molecule has 0 aliphatic rings. The summed E-state index contributed by atoms with van der Waals surface area (Å²) in [5.74, 6) is -0.418. The van der Waals surface area contributed by atoms with Gasteiger partial charge in [-0.1, -0.05) is 6.07 Å². The van der Waals surface area contributed by atoms with Crippen LogP contribution in [0, 0.1) is 28.5 Å². The molecule has 0 saturated carbocycles. The number of hydrogen-bond acceptors (Lipinski definition) is 4. The van der Waals surface area contributed by atoms with Gasteiger partial charge < -0.3 is 10.6 Å². The van der Waals surface area contributed by atoms with Gasteiger partial charge in [0.15, 0.2) is 0 Å². The Morgan fingerprint density at radius 1 is 1.35 bits per heavy atom. The van der Waals surface area contributed by atoms with Crippen LogP contribution in [0.2, 0.25) is 0 Å². The van der Waals surface area contributed by atoms with Crippen LogP contribution in [0.3, 0.4) is 0 Å². The van der Waals surface area contributed by atoms with Crippen LogP contribution in [0.25, 0.3) is 0 Å². The standard InChI is InChI=1S/C12H13FN4/c1-9(16)12-10(13)3-2-4-11(12)17(7-5-14)8-6-15/h2-4,9H,7-8,16H2,1H3/t9-/m1/s1. The molecule has 0 unspecified atom stereocenters. The maximum Gasteiger partial charge on any atom is 0.130 e. The highest BCUT2D eigenvalue weighted by Gasteiger charge is 2.17. The zero-order chi connectivity index (χ0) is 12.8. The third-order valence-corrected chi connectivity index (χ3v) is 2.35. The van der Waals surface area contributed by atoms with E-state index in [1.54, 1.807) is 13.0 Å². The van der Waals surface area contributed by atoms with E-state index in [0.29, 0.717) is 11.3 Å². The molecule has 88 valence electrons. The summed E-state index contributed by atoms with van der Waals surface area (Å²) >= 11 is 0. The van der Waals surface area contributed by atoms with E-state index in [-0.39, 0.29) is 13.1 Å². The third-order valence-electron chi connectivity index (χ3n) is 2.35. The predicted molar refractivity (Wildman–Crippen MR) is 62.4 cm³/mol. The lowest BCUT2D eigenvalue weighted by atomic mass is 10.0. The van der Waals surface area contributed by atoms with Gasteiger partial charge in [0.1, 0.15) is 18.9 Å². The monoisotopic (exact) mass is 232 g/mol. The van der Waals surface area contributed by atoms with E-state index >= 15 is 0 Å². The van der Waals surface area contributed by atoms with E-state index < -0.39 is 11.9 Å². The number of anilines is 1. The molecule has 0 fully saturated rings. The van der Waals surface area contributed by atoms with Crippen LogP contribution >= 0.6 is 0 Å². The van der Waals surface area contributed by atoms with Gasteiger partial charge in [-0.3, -0.25) is 0 Å². The van der Waals surface area contributed by atoms with Crippen LogP contribution in [-0.4, -0.2) is 13.1 Å². The molecule has 0 aromatic heterocycles. The van der Waals surface area contributed by atoms with Crippen molar-refractivity contribution in [2.45, 2.75) is 13.0 Å². The molecule has 0 heterocycles. The first-order chi connectivity index (χ1) is 8.11. The Morgan fingerprint density at radius 3 is 2.41 bits per heavy atom. The van der Waals surface area contributed by atoms with Crippen LogP contribution in [-0.2, 0) is 0 Å². The van der Waals surface area contributed by atoms with Crippen LogP contribution < -0.4 is 10.6 Å². The van der Waals surface area contributed by atoms with Gasteiger partial charge in [0, 0.05) is 17.3 Å². The average molecular weight is 232 g/mol. The van der Waals surface area contributed by atoms with Crippen molar-refractivity contribution in [2.24, 2.45) is 5.73 Å². The van der Waals surface area contributed by atoms with E-state index in [9.17, 15) is 4.39 Å². The molecule has 0 saturated heterocycles. The van der Waals surface area contributed by atoms with E-state index in [0.717, 1.165) is 0 Å². The van der Waals surface area contributed by atoms with E-state index in [2.05, 4.69) is 0 Å². The van der Waals surface area contributed by atoms with Crippen molar-refractivity contribution < 1.29 is 4.39 Å². The third kappa shape index (κ3) is 2.93. The molecule has 4 nitrogen and oxygen atoms in total. The zero-order valence-corrected chi connectivity index (χ0v) is 9.52. The first-order valence-corrected chi connectivity index (χ1v) is 5.14. The Bertz CT molecular complexity index is 454. The van der Waals surface area contributed by atoms with E-state index in [1.807, 2.05) is 12.1 Å². The molecule has 0 aliphatic heterocycles. The fourth-order valence-electron chi connectivity index (χ4n) is 1.65. The quantitative estimate of drug-likeness (QED) is 0.801. The van der Waals surface area contributed by atoms with Crippen LogP contribution in [0.15, 0.2) is 18.2 Å². The van der Waals surface area contributed by atoms with Crippen LogP contribution in [0.4, 0.5) is 10.1 Å². The second-order valence-corrected chi connectivity index (χ2v) is 3.63. The first kappa shape index (κ1) is 13.0. The van der Waals surface area contributed by atoms with Gasteiger partial charge >= 0.3 is 0 Å². The molecule has 1 aromatic carbocycles. The topological polar surface area (TPSA) is 76.8 Å². The Balaban J connectivity index is 3.24. The molecule has 0 bridgehead atoms. The molecule has 0 radical (unpaired) electrons. The smallest absolute Gasteiger partial charge is 0.130 e. The zero-order valence-electron chi connectivity index (χ0n) is 9.52. The second-order valence-electron chi connectivity index (χ2n) is 3.63. The second kappa shape index (κ2) is 5.83. The highest BCUT2D eigenvalue weighted by atomic mass is 19.1. The van der Waals surface area contributed by atoms with Crippen molar-refractivity contribution in [3.63, 3.8) is 0 Å². The molecular weight excluding hydrogens is 219 g/mol. The van der Waals surface area contributed by atoms with Gasteiger partial charge in [0.2, 0.25) is 0 Å². The van der Waals surface area contributed by atoms with Crippen molar-refractivity contribution >= 4 is 5.69 Å². The lowest BCUT2D eigenvalue weighted by Gasteiger charge is -2.23. The first-order valence-electron chi connectivity index (χ1n) is 5.14. The summed E-state index contributed by atoms with van der Waals surface area (Å²) in [7, 11) is 0. The molecule has 1 rings (SSSR count). The summed E-state index contributed by atoms with van der Waals surface area (Å²) in [6, 6.07) is 7.92. The number of nitrogens with zero attached hydrogens (tertiary/aromatic N) is 3.